The van der Waals surface area contributed by atoms with Gasteiger partial charge in [-0.2, -0.15) is 11.8 Å². The molecule has 2 heterocycles. The Hall–Kier alpha value is -1.99. The molecule has 0 aliphatic carbocycles. The lowest BCUT2D eigenvalue weighted by Gasteiger charge is -2.23. The monoisotopic (exact) mass is 352 g/mol. The van der Waals surface area contributed by atoms with Crippen LogP contribution in [0.15, 0.2) is 34.9 Å². The van der Waals surface area contributed by atoms with Crippen molar-refractivity contribution in [3.63, 3.8) is 0 Å². The number of nitrogens with zero attached hydrogens (tertiary/aromatic N) is 1. The topological polar surface area (TPSA) is 92.4 Å². The summed E-state index contributed by atoms with van der Waals surface area (Å²) in [4.78, 5) is 23.8. The standard InChI is InChI=1S/C15H13ClN2O4S/c16-10-3-1-2-9(6-10)12-7-11(18-22-12)13(19)17-15(14(20)21)4-5-23-8-15/h1-3,6-7H,4-5,8H2,(H,17,19)(H,20,21). The van der Waals surface area contributed by atoms with Gasteiger partial charge in [0.1, 0.15) is 5.54 Å². The van der Waals surface area contributed by atoms with Crippen molar-refractivity contribution in [2.24, 2.45) is 0 Å². The maximum Gasteiger partial charge on any atom is 0.330 e. The highest BCUT2D eigenvalue weighted by atomic mass is 35.5. The third kappa shape index (κ3) is 3.20. The SMILES string of the molecule is O=C(NC1(C(=O)O)CCSC1)c1cc(-c2cccc(Cl)c2)on1. The molecule has 0 spiro atoms. The maximum atomic E-state index is 12.3. The zero-order chi connectivity index (χ0) is 16.4. The Labute approximate surface area is 141 Å². The molecule has 1 saturated heterocycles. The average molecular weight is 353 g/mol. The van der Waals surface area contributed by atoms with E-state index in [1.54, 1.807) is 24.3 Å². The number of benzene rings is 1. The van der Waals surface area contributed by atoms with Gasteiger partial charge in [0, 0.05) is 22.4 Å². The van der Waals surface area contributed by atoms with Crippen LogP contribution in [0.25, 0.3) is 11.3 Å². The molecule has 1 aliphatic heterocycles. The molecule has 2 N–H and O–H groups in total. The summed E-state index contributed by atoms with van der Waals surface area (Å²) in [6, 6.07) is 8.42. The Bertz CT molecular complexity index is 755. The number of carboxylic acids is 1. The Balaban J connectivity index is 1.80. The minimum absolute atomic E-state index is 0.0394. The van der Waals surface area contributed by atoms with Crippen molar-refractivity contribution >= 4 is 35.2 Å². The summed E-state index contributed by atoms with van der Waals surface area (Å²) in [6.45, 7) is 0. The largest absolute Gasteiger partial charge is 0.479 e. The number of halogens is 1. The van der Waals surface area contributed by atoms with Gasteiger partial charge in [-0.05, 0) is 24.3 Å². The lowest BCUT2D eigenvalue weighted by Crippen LogP contribution is -2.54. The molecule has 1 aliphatic rings. The summed E-state index contributed by atoms with van der Waals surface area (Å²) in [5.74, 6) is -0.171. The zero-order valence-corrected chi connectivity index (χ0v) is 13.5. The number of hydrogen-bond acceptors (Lipinski definition) is 5. The van der Waals surface area contributed by atoms with Crippen LogP contribution in [0.5, 0.6) is 0 Å². The van der Waals surface area contributed by atoms with Crippen LogP contribution in [0.4, 0.5) is 0 Å². The van der Waals surface area contributed by atoms with Crippen molar-refractivity contribution in [2.75, 3.05) is 11.5 Å². The summed E-state index contributed by atoms with van der Waals surface area (Å²) < 4.78 is 5.16. The number of rotatable bonds is 4. The lowest BCUT2D eigenvalue weighted by molar-refractivity contribution is -0.143. The minimum Gasteiger partial charge on any atom is -0.479 e. The molecule has 6 nitrogen and oxygen atoms in total. The lowest BCUT2D eigenvalue weighted by atomic mass is 9.99. The van der Waals surface area contributed by atoms with E-state index < -0.39 is 17.4 Å². The first-order valence-electron chi connectivity index (χ1n) is 6.86. The van der Waals surface area contributed by atoms with Gasteiger partial charge in [0.05, 0.1) is 0 Å². The predicted molar refractivity (Wildman–Crippen MR) is 86.7 cm³/mol. The molecule has 120 valence electrons. The summed E-state index contributed by atoms with van der Waals surface area (Å²) in [7, 11) is 0. The molecule has 0 saturated carbocycles. The number of thioether (sulfide) groups is 1. The van der Waals surface area contributed by atoms with Crippen molar-refractivity contribution in [3.05, 3.63) is 41.0 Å². The number of aliphatic carboxylic acids is 1. The van der Waals surface area contributed by atoms with Crippen LogP contribution in [0.3, 0.4) is 0 Å². The van der Waals surface area contributed by atoms with Gasteiger partial charge in [-0.3, -0.25) is 4.79 Å². The number of nitrogens with one attached hydrogen (secondary N) is 1. The van der Waals surface area contributed by atoms with Crippen molar-refractivity contribution in [2.45, 2.75) is 12.0 Å². The second kappa shape index (κ2) is 6.25. The van der Waals surface area contributed by atoms with E-state index in [1.807, 2.05) is 0 Å². The first-order valence-corrected chi connectivity index (χ1v) is 8.40. The number of carbonyl (C=O) groups excluding carboxylic acids is 1. The average Bonchev–Trinajstić information content (AvgIpc) is 3.17. The van der Waals surface area contributed by atoms with Crippen LogP contribution in [0, 0.1) is 0 Å². The normalized spacial score (nSPS) is 20.4. The summed E-state index contributed by atoms with van der Waals surface area (Å²) in [6.07, 6.45) is 0.387. The van der Waals surface area contributed by atoms with E-state index >= 15 is 0 Å². The first-order chi connectivity index (χ1) is 11.0. The van der Waals surface area contributed by atoms with Crippen LogP contribution in [-0.2, 0) is 4.79 Å². The molecule has 1 amide bonds. The fourth-order valence-electron chi connectivity index (χ4n) is 2.33. The second-order valence-corrected chi connectivity index (χ2v) is 6.77. The van der Waals surface area contributed by atoms with E-state index in [2.05, 4.69) is 10.5 Å². The summed E-state index contributed by atoms with van der Waals surface area (Å²) in [5.41, 5.74) is -0.511. The third-order valence-electron chi connectivity index (χ3n) is 3.64. The molecule has 1 aromatic heterocycles. The van der Waals surface area contributed by atoms with E-state index in [0.29, 0.717) is 34.3 Å². The van der Waals surface area contributed by atoms with Crippen molar-refractivity contribution in [3.8, 4) is 11.3 Å². The van der Waals surface area contributed by atoms with Crippen LogP contribution in [-0.4, -0.2) is 39.2 Å². The number of aromatic nitrogens is 1. The van der Waals surface area contributed by atoms with E-state index in [9.17, 15) is 14.7 Å². The van der Waals surface area contributed by atoms with Crippen LogP contribution < -0.4 is 5.32 Å². The summed E-state index contributed by atoms with van der Waals surface area (Å²) in [5, 5.41) is 16.2. The van der Waals surface area contributed by atoms with E-state index in [-0.39, 0.29) is 5.69 Å². The van der Waals surface area contributed by atoms with Crippen molar-refractivity contribution < 1.29 is 19.2 Å². The Morgan fingerprint density at radius 2 is 2.22 bits per heavy atom. The molecule has 1 fully saturated rings. The van der Waals surface area contributed by atoms with Gasteiger partial charge in [-0.1, -0.05) is 28.9 Å². The fraction of sp³-hybridized carbons (Fsp3) is 0.267. The Morgan fingerprint density at radius 1 is 1.39 bits per heavy atom. The minimum atomic E-state index is -1.24. The van der Waals surface area contributed by atoms with Crippen LogP contribution in [0.1, 0.15) is 16.9 Å². The van der Waals surface area contributed by atoms with Crippen LogP contribution in [0.2, 0.25) is 5.02 Å². The van der Waals surface area contributed by atoms with E-state index in [4.69, 9.17) is 16.1 Å². The number of hydrogen-bond donors (Lipinski definition) is 2. The molecule has 1 atom stereocenters. The Morgan fingerprint density at radius 3 is 2.87 bits per heavy atom. The maximum absolute atomic E-state index is 12.3. The number of carboxylic acid groups (broad SMARTS) is 1. The second-order valence-electron chi connectivity index (χ2n) is 5.23. The number of carbonyl (C=O) groups is 2. The van der Waals surface area contributed by atoms with Gasteiger partial charge in [0.25, 0.3) is 5.91 Å². The van der Waals surface area contributed by atoms with Gasteiger partial charge < -0.3 is 14.9 Å². The van der Waals surface area contributed by atoms with E-state index in [0.717, 1.165) is 0 Å². The third-order valence-corrected chi connectivity index (χ3v) is 5.06. The molecule has 2 aromatic rings. The molecule has 23 heavy (non-hydrogen) atoms. The highest BCUT2D eigenvalue weighted by molar-refractivity contribution is 7.99. The highest BCUT2D eigenvalue weighted by Crippen LogP contribution is 2.29. The molecule has 3 rings (SSSR count). The van der Waals surface area contributed by atoms with Gasteiger partial charge in [0.2, 0.25) is 0 Å². The quantitative estimate of drug-likeness (QED) is 0.878. The molecular weight excluding hydrogens is 340 g/mol. The first kappa shape index (κ1) is 15.9. The van der Waals surface area contributed by atoms with Gasteiger partial charge >= 0.3 is 5.97 Å². The fourth-order valence-corrected chi connectivity index (χ4v) is 3.84. The molecule has 0 bridgehead atoms. The van der Waals surface area contributed by atoms with Crippen molar-refractivity contribution in [1.82, 2.24) is 10.5 Å². The molecule has 1 aromatic carbocycles. The molecule has 0 radical (unpaired) electrons. The van der Waals surface area contributed by atoms with Crippen LogP contribution >= 0.6 is 23.4 Å². The van der Waals surface area contributed by atoms with Gasteiger partial charge in [-0.25, -0.2) is 4.79 Å². The molecule has 1 unspecified atom stereocenters. The van der Waals surface area contributed by atoms with Gasteiger partial charge in [0.15, 0.2) is 11.5 Å². The molecule has 8 heteroatoms. The van der Waals surface area contributed by atoms with Crippen molar-refractivity contribution in [1.29, 1.82) is 0 Å². The van der Waals surface area contributed by atoms with E-state index in [1.165, 1.54) is 17.8 Å². The summed E-state index contributed by atoms with van der Waals surface area (Å²) >= 11 is 7.42. The highest BCUT2D eigenvalue weighted by Gasteiger charge is 2.43. The molecular formula is C15H13ClN2O4S. The smallest absolute Gasteiger partial charge is 0.330 e. The van der Waals surface area contributed by atoms with Gasteiger partial charge in [-0.15, -0.1) is 0 Å². The number of amides is 1. The Kier molecular flexibility index (Phi) is 4.32. The predicted octanol–water partition coefficient (Wildman–Crippen LogP) is 2.69. The zero-order valence-electron chi connectivity index (χ0n) is 11.9.